The van der Waals surface area contributed by atoms with Crippen molar-refractivity contribution in [3.8, 4) is 0 Å². The lowest BCUT2D eigenvalue weighted by atomic mass is 10.1. The van der Waals surface area contributed by atoms with E-state index in [-0.39, 0.29) is 11.1 Å². The van der Waals surface area contributed by atoms with Gasteiger partial charge in [0, 0.05) is 0 Å². The molecular formula is C19H14N2O5S2. The van der Waals surface area contributed by atoms with Crippen LogP contribution in [0.25, 0.3) is 10.2 Å². The van der Waals surface area contributed by atoms with Gasteiger partial charge in [0.25, 0.3) is 11.8 Å². The van der Waals surface area contributed by atoms with Gasteiger partial charge in [-0.15, -0.1) is 16.4 Å². The molecule has 0 saturated carbocycles. The van der Waals surface area contributed by atoms with Crippen LogP contribution < -0.4 is 0 Å². The highest BCUT2D eigenvalue weighted by molar-refractivity contribution is 7.97. The van der Waals surface area contributed by atoms with Gasteiger partial charge in [0.1, 0.15) is 12.0 Å². The van der Waals surface area contributed by atoms with Crippen molar-refractivity contribution in [3.63, 3.8) is 0 Å². The Balaban J connectivity index is 1.44. The third kappa shape index (κ3) is 3.28. The van der Waals surface area contributed by atoms with Gasteiger partial charge in [-0.3, -0.25) is 9.59 Å². The molecule has 9 heteroatoms. The minimum Gasteiger partial charge on any atom is -0.381 e. The topological polar surface area (TPSA) is 85.8 Å². The fourth-order valence-electron chi connectivity index (χ4n) is 2.58. The number of hydrogen-bond donors (Lipinski definition) is 0. The molecule has 2 amide bonds. The Morgan fingerprint density at radius 3 is 2.29 bits per heavy atom. The molecule has 0 unspecified atom stereocenters. The first kappa shape index (κ1) is 18.6. The van der Waals surface area contributed by atoms with Crippen molar-refractivity contribution >= 4 is 51.4 Å². The third-order valence-corrected chi connectivity index (χ3v) is 5.78. The number of carbonyl (C=O) groups excluding carboxylic acids is 3. The van der Waals surface area contributed by atoms with Crippen LogP contribution in [0.5, 0.6) is 0 Å². The summed E-state index contributed by atoms with van der Waals surface area (Å²) in [4.78, 5) is 47.1. The first-order chi connectivity index (χ1) is 13.4. The molecule has 0 saturated heterocycles. The number of hydroxylamine groups is 2. The van der Waals surface area contributed by atoms with Crippen LogP contribution in [-0.4, -0.2) is 33.4 Å². The number of thiazole rings is 1. The van der Waals surface area contributed by atoms with Crippen LogP contribution in [0.3, 0.4) is 0 Å². The average molecular weight is 414 g/mol. The van der Waals surface area contributed by atoms with Crippen molar-refractivity contribution in [2.75, 3.05) is 0 Å². The van der Waals surface area contributed by atoms with Gasteiger partial charge in [0.15, 0.2) is 9.94 Å². The van der Waals surface area contributed by atoms with E-state index in [0.717, 1.165) is 22.3 Å². The smallest absolute Gasteiger partial charge is 0.353 e. The Kier molecular flexibility index (Phi) is 4.66. The minimum atomic E-state index is -1.56. The number of nitrogens with zero attached hydrogens (tertiary/aromatic N) is 2. The van der Waals surface area contributed by atoms with E-state index >= 15 is 0 Å². The number of fused-ring (bicyclic) bond motifs is 2. The highest BCUT2D eigenvalue weighted by Gasteiger charge is 2.43. The van der Waals surface area contributed by atoms with Gasteiger partial charge >= 0.3 is 5.97 Å². The second kappa shape index (κ2) is 7.01. The summed E-state index contributed by atoms with van der Waals surface area (Å²) in [5, 5.41) is 0.605. The highest BCUT2D eigenvalue weighted by Crippen LogP contribution is 2.32. The summed E-state index contributed by atoms with van der Waals surface area (Å²) in [6.07, 6.45) is 0. The van der Waals surface area contributed by atoms with E-state index in [2.05, 4.69) is 4.98 Å². The molecule has 142 valence electrons. The second-order valence-corrected chi connectivity index (χ2v) is 8.46. The van der Waals surface area contributed by atoms with Crippen LogP contribution in [0.15, 0.2) is 52.9 Å². The van der Waals surface area contributed by atoms with Crippen LogP contribution in [0.2, 0.25) is 0 Å². The van der Waals surface area contributed by atoms with E-state index in [4.69, 9.17) is 9.02 Å². The van der Waals surface area contributed by atoms with Crippen molar-refractivity contribution in [1.82, 2.24) is 10.0 Å². The van der Waals surface area contributed by atoms with Crippen molar-refractivity contribution in [1.29, 1.82) is 0 Å². The number of hydrogen-bond acceptors (Lipinski definition) is 8. The standard InChI is InChI=1S/C19H14N2O5S2/c1-19(2,26-21-15(22)11-7-3-4-8-12(11)16(21)23)17(24)25-28-18-20-13-9-5-6-10-14(13)27-18/h3-10H,1-2H3. The van der Waals surface area contributed by atoms with Gasteiger partial charge in [0.2, 0.25) is 0 Å². The molecule has 0 aliphatic carbocycles. The summed E-state index contributed by atoms with van der Waals surface area (Å²) in [6, 6.07) is 14.0. The second-order valence-electron chi connectivity index (χ2n) is 6.45. The predicted octanol–water partition coefficient (Wildman–Crippen LogP) is 3.85. The Bertz CT molecular complexity index is 1040. The van der Waals surface area contributed by atoms with E-state index < -0.39 is 23.4 Å². The molecule has 0 bridgehead atoms. The first-order valence-corrected chi connectivity index (χ1v) is 9.84. The molecular weight excluding hydrogens is 400 g/mol. The van der Waals surface area contributed by atoms with Gasteiger partial charge in [0.05, 0.1) is 21.3 Å². The maximum atomic E-state index is 12.5. The van der Waals surface area contributed by atoms with E-state index in [1.54, 1.807) is 12.1 Å². The number of imide groups is 1. The summed E-state index contributed by atoms with van der Waals surface area (Å²) >= 11 is 2.21. The quantitative estimate of drug-likeness (QED) is 0.463. The highest BCUT2D eigenvalue weighted by atomic mass is 32.2. The zero-order valence-corrected chi connectivity index (χ0v) is 16.5. The molecule has 2 heterocycles. The van der Waals surface area contributed by atoms with Crippen molar-refractivity contribution in [2.24, 2.45) is 0 Å². The summed E-state index contributed by atoms with van der Waals surface area (Å²) < 4.78 is 6.77. The van der Waals surface area contributed by atoms with Gasteiger partial charge in [-0.05, 0) is 38.1 Å². The molecule has 3 aromatic rings. The minimum absolute atomic E-state index is 0.237. The molecule has 28 heavy (non-hydrogen) atoms. The lowest BCUT2D eigenvalue weighted by molar-refractivity contribution is -0.195. The maximum Gasteiger partial charge on any atom is 0.353 e. The van der Waals surface area contributed by atoms with Crippen LogP contribution in [-0.2, 0) is 13.8 Å². The molecule has 2 aromatic carbocycles. The maximum absolute atomic E-state index is 12.5. The molecule has 1 aliphatic heterocycles. The number of para-hydroxylation sites is 1. The van der Waals surface area contributed by atoms with Crippen molar-refractivity contribution in [3.05, 3.63) is 59.7 Å². The summed E-state index contributed by atoms with van der Waals surface area (Å²) in [5.74, 6) is -1.96. The Morgan fingerprint density at radius 2 is 1.64 bits per heavy atom. The van der Waals surface area contributed by atoms with Gasteiger partial charge in [-0.25, -0.2) is 14.6 Å². The lowest BCUT2D eigenvalue weighted by Crippen LogP contribution is -2.44. The van der Waals surface area contributed by atoms with Crippen LogP contribution in [0.4, 0.5) is 0 Å². The largest absolute Gasteiger partial charge is 0.381 e. The van der Waals surface area contributed by atoms with Gasteiger partial charge < -0.3 is 4.18 Å². The molecule has 0 spiro atoms. The van der Waals surface area contributed by atoms with Crippen LogP contribution in [0.1, 0.15) is 34.6 Å². The average Bonchev–Trinajstić information content (AvgIpc) is 3.21. The first-order valence-electron chi connectivity index (χ1n) is 8.28. The lowest BCUT2D eigenvalue weighted by Gasteiger charge is -2.25. The monoisotopic (exact) mass is 414 g/mol. The number of rotatable bonds is 5. The summed E-state index contributed by atoms with van der Waals surface area (Å²) in [6.45, 7) is 2.86. The van der Waals surface area contributed by atoms with Gasteiger partial charge in [-0.1, -0.05) is 24.3 Å². The van der Waals surface area contributed by atoms with Crippen LogP contribution >= 0.6 is 23.4 Å². The number of aromatic nitrogens is 1. The molecule has 0 atom stereocenters. The molecule has 1 aromatic heterocycles. The Morgan fingerprint density at radius 1 is 1.04 bits per heavy atom. The van der Waals surface area contributed by atoms with E-state index in [9.17, 15) is 14.4 Å². The van der Waals surface area contributed by atoms with Gasteiger partial charge in [-0.2, -0.15) is 0 Å². The predicted molar refractivity (Wildman–Crippen MR) is 104 cm³/mol. The number of amides is 2. The molecule has 0 radical (unpaired) electrons. The summed E-state index contributed by atoms with van der Waals surface area (Å²) in [5.41, 5.74) is -0.273. The van der Waals surface area contributed by atoms with E-state index in [0.29, 0.717) is 9.40 Å². The normalized spacial score (nSPS) is 13.9. The van der Waals surface area contributed by atoms with Crippen molar-refractivity contribution in [2.45, 2.75) is 23.8 Å². The van der Waals surface area contributed by atoms with Crippen molar-refractivity contribution < 1.29 is 23.4 Å². The fourth-order valence-corrected chi connectivity index (χ4v) is 4.26. The number of carbonyl (C=O) groups is 3. The Labute approximate surface area is 168 Å². The molecule has 4 rings (SSSR count). The number of benzene rings is 2. The van der Waals surface area contributed by atoms with Crippen LogP contribution in [0, 0.1) is 0 Å². The molecule has 7 nitrogen and oxygen atoms in total. The zero-order chi connectivity index (χ0) is 19.9. The summed E-state index contributed by atoms with van der Waals surface area (Å²) in [7, 11) is 0. The third-order valence-electron chi connectivity index (χ3n) is 4.03. The molecule has 0 fully saturated rings. The fraction of sp³-hybridized carbons (Fsp3) is 0.158. The Hall–Kier alpha value is -2.75. The molecule has 1 aliphatic rings. The molecule has 0 N–H and O–H groups in total. The zero-order valence-electron chi connectivity index (χ0n) is 14.9. The van der Waals surface area contributed by atoms with E-state index in [1.165, 1.54) is 37.3 Å². The SMILES string of the molecule is CC(C)(ON1C(=O)c2ccccc2C1=O)C(=O)OSc1nc2ccccc2s1. The van der Waals surface area contributed by atoms with E-state index in [1.807, 2.05) is 24.3 Å².